The maximum absolute atomic E-state index is 15.1. The molecule has 11 rings (SSSR count). The Morgan fingerprint density at radius 2 is 0.962 bits per heavy atom. The van der Waals surface area contributed by atoms with Crippen LogP contribution in [0.3, 0.4) is 0 Å². The fraction of sp³-hybridized carbons (Fsp3) is 0. The Morgan fingerprint density at radius 3 is 1.74 bits per heavy atom. The smallest absolute Gasteiger partial charge is 0.171 e. The van der Waals surface area contributed by atoms with Crippen LogP contribution in [0.2, 0.25) is 0 Å². The van der Waals surface area contributed by atoms with Crippen LogP contribution in [-0.2, 0) is 4.57 Å². The summed E-state index contributed by atoms with van der Waals surface area (Å²) in [5, 5.41) is 13.1. The molecule has 4 heteroatoms. The number of aromatic nitrogens is 2. The van der Waals surface area contributed by atoms with Gasteiger partial charge < -0.3 is 4.57 Å². The van der Waals surface area contributed by atoms with Gasteiger partial charge in [0, 0.05) is 32.1 Å². The SMILES string of the molecule is O=P(c1ccccc1)(c1ccccc1)c1ccc2c(ccc3cc(-c4ccc5ccc6c7ccccc7c7nc8ccccc8n7c6c5c4)ccc32)c1. The van der Waals surface area contributed by atoms with Crippen LogP contribution in [0.25, 0.3) is 81.8 Å². The van der Waals surface area contributed by atoms with Crippen molar-refractivity contribution in [2.75, 3.05) is 0 Å². The zero-order chi connectivity index (χ0) is 35.1. The third kappa shape index (κ3) is 4.48. The maximum atomic E-state index is 15.1. The van der Waals surface area contributed by atoms with Crippen molar-refractivity contribution in [3.8, 4) is 11.1 Å². The van der Waals surface area contributed by atoms with Crippen LogP contribution < -0.4 is 15.9 Å². The lowest BCUT2D eigenvalue weighted by Gasteiger charge is -2.20. The molecular formula is C49H31N2OP. The molecule has 2 heterocycles. The van der Waals surface area contributed by atoms with Crippen molar-refractivity contribution in [1.29, 1.82) is 0 Å². The largest absolute Gasteiger partial charge is 0.309 e. The number of para-hydroxylation sites is 2. The molecule has 0 aliphatic heterocycles. The summed E-state index contributed by atoms with van der Waals surface area (Å²) in [6.45, 7) is 0. The van der Waals surface area contributed by atoms with Crippen LogP contribution in [0.4, 0.5) is 0 Å². The van der Waals surface area contributed by atoms with E-state index in [0.717, 1.165) is 54.3 Å². The Balaban J connectivity index is 1.08. The molecule has 0 aliphatic carbocycles. The molecule has 0 aliphatic rings. The van der Waals surface area contributed by atoms with Gasteiger partial charge in [-0.3, -0.25) is 4.40 Å². The first-order valence-electron chi connectivity index (χ1n) is 18.0. The third-order valence-corrected chi connectivity index (χ3v) is 14.0. The van der Waals surface area contributed by atoms with Gasteiger partial charge in [-0.25, -0.2) is 4.98 Å². The van der Waals surface area contributed by atoms with E-state index in [4.69, 9.17) is 4.98 Å². The molecular weight excluding hydrogens is 664 g/mol. The van der Waals surface area contributed by atoms with E-state index in [1.807, 2.05) is 60.7 Å². The second-order valence-electron chi connectivity index (χ2n) is 13.9. The molecule has 0 N–H and O–H groups in total. The zero-order valence-electron chi connectivity index (χ0n) is 28.6. The zero-order valence-corrected chi connectivity index (χ0v) is 29.5. The van der Waals surface area contributed by atoms with Gasteiger partial charge in [0.05, 0.1) is 16.6 Å². The van der Waals surface area contributed by atoms with E-state index >= 15 is 4.57 Å². The van der Waals surface area contributed by atoms with E-state index in [-0.39, 0.29) is 0 Å². The fourth-order valence-electron chi connectivity index (χ4n) is 8.44. The highest BCUT2D eigenvalue weighted by atomic mass is 31.2. The summed E-state index contributed by atoms with van der Waals surface area (Å²) in [6.07, 6.45) is 0. The van der Waals surface area contributed by atoms with Gasteiger partial charge in [0.25, 0.3) is 0 Å². The molecule has 0 spiro atoms. The molecule has 3 nitrogen and oxygen atoms in total. The normalized spacial score (nSPS) is 12.2. The minimum atomic E-state index is -3.07. The summed E-state index contributed by atoms with van der Waals surface area (Å²) in [6, 6.07) is 65.6. The standard InChI is InChI=1S/C49H31N2OP/c52-53(37-11-3-1-4-12-37,38-13-5-2-6-14-38)39-25-28-41-36(30-39)22-21-35-29-33(24-26-40(35)41)34-20-19-32-23-27-43-42-15-7-8-16-44(42)49-50-46-17-9-10-18-47(46)51(49)48(43)45(32)31-34/h1-31H. The average molecular weight is 695 g/mol. The Kier molecular flexibility index (Phi) is 6.53. The van der Waals surface area contributed by atoms with E-state index in [1.54, 1.807) is 0 Å². The summed E-state index contributed by atoms with van der Waals surface area (Å²) < 4.78 is 17.4. The van der Waals surface area contributed by atoms with Crippen LogP contribution in [0.1, 0.15) is 0 Å². The minimum Gasteiger partial charge on any atom is -0.309 e. The van der Waals surface area contributed by atoms with Gasteiger partial charge in [0.1, 0.15) is 5.65 Å². The van der Waals surface area contributed by atoms with Crippen molar-refractivity contribution in [3.05, 3.63) is 188 Å². The number of hydrogen-bond donors (Lipinski definition) is 0. The molecule has 0 atom stereocenters. The van der Waals surface area contributed by atoms with Gasteiger partial charge in [-0.15, -0.1) is 0 Å². The summed E-state index contributed by atoms with van der Waals surface area (Å²) in [5.74, 6) is 0. The van der Waals surface area contributed by atoms with E-state index in [1.165, 1.54) is 43.4 Å². The number of rotatable bonds is 4. The van der Waals surface area contributed by atoms with Gasteiger partial charge >= 0.3 is 0 Å². The second kappa shape index (κ2) is 11.5. The lowest BCUT2D eigenvalue weighted by molar-refractivity contribution is 0.592. The number of benzene rings is 9. The van der Waals surface area contributed by atoms with E-state index in [2.05, 4.69) is 132 Å². The summed E-state index contributed by atoms with van der Waals surface area (Å²) in [5.41, 5.74) is 6.60. The summed E-state index contributed by atoms with van der Waals surface area (Å²) in [4.78, 5) is 5.14. The predicted octanol–water partition coefficient (Wildman–Crippen LogP) is 11.6. The molecule has 248 valence electrons. The van der Waals surface area contributed by atoms with Gasteiger partial charge in [-0.05, 0) is 73.8 Å². The molecule has 9 aromatic carbocycles. The predicted molar refractivity (Wildman–Crippen MR) is 225 cm³/mol. The maximum Gasteiger partial charge on any atom is 0.171 e. The topological polar surface area (TPSA) is 34.4 Å². The van der Waals surface area contributed by atoms with E-state index in [0.29, 0.717) is 0 Å². The summed E-state index contributed by atoms with van der Waals surface area (Å²) in [7, 11) is -3.07. The number of nitrogens with zero attached hydrogens (tertiary/aromatic N) is 2. The van der Waals surface area contributed by atoms with Gasteiger partial charge in [-0.1, -0.05) is 158 Å². The van der Waals surface area contributed by atoms with Crippen LogP contribution in [0, 0.1) is 0 Å². The molecule has 0 bridgehead atoms. The third-order valence-electron chi connectivity index (χ3n) is 11.0. The molecule has 2 aromatic heterocycles. The molecule has 0 amide bonds. The first-order valence-corrected chi connectivity index (χ1v) is 19.7. The number of hydrogen-bond acceptors (Lipinski definition) is 2. The number of pyridine rings is 1. The average Bonchev–Trinajstić information content (AvgIpc) is 3.63. The van der Waals surface area contributed by atoms with Crippen molar-refractivity contribution in [2.45, 2.75) is 0 Å². The highest BCUT2D eigenvalue weighted by molar-refractivity contribution is 7.85. The molecule has 0 saturated carbocycles. The van der Waals surface area contributed by atoms with E-state index < -0.39 is 7.14 Å². The molecule has 53 heavy (non-hydrogen) atoms. The van der Waals surface area contributed by atoms with Crippen LogP contribution >= 0.6 is 7.14 Å². The highest BCUT2D eigenvalue weighted by Crippen LogP contribution is 2.44. The van der Waals surface area contributed by atoms with E-state index in [9.17, 15) is 0 Å². The molecule has 0 saturated heterocycles. The number of imidazole rings is 1. The Labute approximate surface area is 305 Å². The first kappa shape index (κ1) is 30.1. The monoisotopic (exact) mass is 694 g/mol. The molecule has 0 radical (unpaired) electrons. The fourth-order valence-corrected chi connectivity index (χ4v) is 11.1. The molecule has 0 fully saturated rings. The Bertz CT molecular complexity index is 3270. The second-order valence-corrected chi connectivity index (χ2v) is 16.7. The van der Waals surface area contributed by atoms with Gasteiger partial charge in [-0.2, -0.15) is 0 Å². The van der Waals surface area contributed by atoms with Crippen LogP contribution in [0.15, 0.2) is 188 Å². The van der Waals surface area contributed by atoms with Crippen molar-refractivity contribution in [2.24, 2.45) is 0 Å². The quantitative estimate of drug-likeness (QED) is 0.136. The van der Waals surface area contributed by atoms with Crippen molar-refractivity contribution >= 4 is 93.7 Å². The van der Waals surface area contributed by atoms with Crippen molar-refractivity contribution < 1.29 is 4.57 Å². The van der Waals surface area contributed by atoms with Crippen LogP contribution in [0.5, 0.6) is 0 Å². The Morgan fingerprint density at radius 1 is 0.396 bits per heavy atom. The van der Waals surface area contributed by atoms with Crippen molar-refractivity contribution in [1.82, 2.24) is 9.38 Å². The number of fused-ring (bicyclic) bond motifs is 13. The first-order chi connectivity index (χ1) is 26.1. The summed E-state index contributed by atoms with van der Waals surface area (Å²) >= 11 is 0. The lowest BCUT2D eigenvalue weighted by atomic mass is 9.95. The Hall–Kier alpha value is -6.54. The van der Waals surface area contributed by atoms with Gasteiger partial charge in [0.15, 0.2) is 7.14 Å². The lowest BCUT2D eigenvalue weighted by Crippen LogP contribution is -2.24. The van der Waals surface area contributed by atoms with Crippen molar-refractivity contribution in [3.63, 3.8) is 0 Å². The van der Waals surface area contributed by atoms with Gasteiger partial charge in [0.2, 0.25) is 0 Å². The molecule has 0 unspecified atom stereocenters. The minimum absolute atomic E-state index is 0.842. The molecule has 11 aromatic rings. The highest BCUT2D eigenvalue weighted by Gasteiger charge is 2.29. The van der Waals surface area contributed by atoms with Crippen LogP contribution in [-0.4, -0.2) is 9.38 Å².